The van der Waals surface area contributed by atoms with Gasteiger partial charge in [-0.3, -0.25) is 0 Å². The number of pyridine rings is 1. The van der Waals surface area contributed by atoms with Gasteiger partial charge >= 0.3 is 0 Å². The summed E-state index contributed by atoms with van der Waals surface area (Å²) in [5.41, 5.74) is 8.73. The van der Waals surface area contributed by atoms with Crippen molar-refractivity contribution in [2.45, 2.75) is 6.92 Å². The number of fused-ring (bicyclic) bond motifs is 1. The van der Waals surface area contributed by atoms with Crippen molar-refractivity contribution in [1.82, 2.24) is 4.98 Å². The zero-order valence-corrected chi connectivity index (χ0v) is 11.0. The number of anilines is 3. The second kappa shape index (κ2) is 4.81. The first-order chi connectivity index (χ1) is 9.61. The van der Waals surface area contributed by atoms with E-state index in [1.54, 1.807) is 19.1 Å². The second-order valence-electron chi connectivity index (χ2n) is 4.74. The fourth-order valence-corrected chi connectivity index (χ4v) is 2.08. The lowest BCUT2D eigenvalue weighted by molar-refractivity contribution is 0.619. The van der Waals surface area contributed by atoms with E-state index < -0.39 is 0 Å². The molecule has 0 unspecified atom stereocenters. The van der Waals surface area contributed by atoms with Crippen LogP contribution >= 0.6 is 0 Å². The van der Waals surface area contributed by atoms with Crippen molar-refractivity contribution >= 4 is 28.1 Å². The van der Waals surface area contributed by atoms with Crippen LogP contribution in [0.25, 0.3) is 10.9 Å². The van der Waals surface area contributed by atoms with Crippen molar-refractivity contribution in [1.29, 1.82) is 0 Å². The first kappa shape index (κ1) is 12.4. The van der Waals surface area contributed by atoms with Crippen LogP contribution in [0.5, 0.6) is 0 Å². The number of aryl methyl sites for hydroxylation is 1. The lowest BCUT2D eigenvalue weighted by atomic mass is 10.2. The van der Waals surface area contributed by atoms with Crippen molar-refractivity contribution in [3.63, 3.8) is 0 Å². The van der Waals surface area contributed by atoms with Gasteiger partial charge in [0.05, 0.1) is 5.52 Å². The predicted octanol–water partition coefficient (Wildman–Crippen LogP) is 4.01. The number of benzene rings is 2. The number of nitrogen functional groups attached to an aromatic ring is 1. The average molecular weight is 267 g/mol. The maximum absolute atomic E-state index is 13.2. The van der Waals surface area contributed by atoms with E-state index in [1.807, 2.05) is 30.3 Å². The molecular formula is C16H14FN3. The quantitative estimate of drug-likeness (QED) is 0.690. The maximum atomic E-state index is 13.2. The molecule has 0 atom stereocenters. The summed E-state index contributed by atoms with van der Waals surface area (Å²) in [6.45, 7) is 1.73. The van der Waals surface area contributed by atoms with Crippen molar-refractivity contribution in [3.8, 4) is 0 Å². The molecule has 20 heavy (non-hydrogen) atoms. The maximum Gasteiger partial charge on any atom is 0.131 e. The monoisotopic (exact) mass is 267 g/mol. The van der Waals surface area contributed by atoms with Gasteiger partial charge in [0.25, 0.3) is 0 Å². The van der Waals surface area contributed by atoms with Crippen LogP contribution in [-0.4, -0.2) is 4.98 Å². The van der Waals surface area contributed by atoms with E-state index in [4.69, 9.17) is 5.73 Å². The van der Waals surface area contributed by atoms with Crippen molar-refractivity contribution in [2.75, 3.05) is 11.1 Å². The Hall–Kier alpha value is -2.62. The Labute approximate surface area is 116 Å². The summed E-state index contributed by atoms with van der Waals surface area (Å²) >= 11 is 0. The van der Waals surface area contributed by atoms with E-state index in [0.29, 0.717) is 17.1 Å². The smallest absolute Gasteiger partial charge is 0.131 e. The third-order valence-corrected chi connectivity index (χ3v) is 3.14. The zero-order chi connectivity index (χ0) is 14.1. The minimum atomic E-state index is -0.211. The molecule has 3 rings (SSSR count). The summed E-state index contributed by atoms with van der Waals surface area (Å²) < 4.78 is 13.2. The molecule has 100 valence electrons. The number of aromatic nitrogens is 1. The minimum Gasteiger partial charge on any atom is -0.399 e. The fraction of sp³-hybridized carbons (Fsp3) is 0.0625. The van der Waals surface area contributed by atoms with Crippen LogP contribution in [0.1, 0.15) is 5.56 Å². The molecule has 3 aromatic rings. The van der Waals surface area contributed by atoms with Gasteiger partial charge in [-0.05, 0) is 61.0 Å². The first-order valence-corrected chi connectivity index (χ1v) is 6.31. The van der Waals surface area contributed by atoms with Crippen molar-refractivity contribution in [3.05, 3.63) is 59.9 Å². The van der Waals surface area contributed by atoms with Gasteiger partial charge in [0.15, 0.2) is 0 Å². The Bertz CT molecular complexity index is 784. The highest BCUT2D eigenvalue weighted by Crippen LogP contribution is 2.21. The Morgan fingerprint density at radius 2 is 1.90 bits per heavy atom. The van der Waals surface area contributed by atoms with E-state index in [2.05, 4.69) is 10.3 Å². The summed E-state index contributed by atoms with van der Waals surface area (Å²) in [5.74, 6) is 0.505. The Morgan fingerprint density at radius 1 is 1.05 bits per heavy atom. The number of hydrogen-bond donors (Lipinski definition) is 2. The molecule has 1 aromatic heterocycles. The van der Waals surface area contributed by atoms with E-state index in [0.717, 1.165) is 16.6 Å². The highest BCUT2D eigenvalue weighted by molar-refractivity contribution is 5.83. The van der Waals surface area contributed by atoms with Crippen LogP contribution in [0.4, 0.5) is 21.6 Å². The summed E-state index contributed by atoms with van der Waals surface area (Å²) in [6.07, 6.45) is 0. The molecule has 0 fully saturated rings. The molecular weight excluding hydrogens is 253 g/mol. The number of nitrogens with zero attached hydrogens (tertiary/aromatic N) is 1. The molecule has 4 heteroatoms. The molecule has 3 N–H and O–H groups in total. The second-order valence-corrected chi connectivity index (χ2v) is 4.74. The molecule has 0 spiro atoms. The fourth-order valence-electron chi connectivity index (χ4n) is 2.08. The molecule has 0 saturated heterocycles. The topological polar surface area (TPSA) is 50.9 Å². The Kier molecular flexibility index (Phi) is 2.99. The molecule has 0 aliphatic heterocycles. The van der Waals surface area contributed by atoms with Gasteiger partial charge in [-0.1, -0.05) is 0 Å². The van der Waals surface area contributed by atoms with Gasteiger partial charge in [0.2, 0.25) is 0 Å². The Balaban J connectivity index is 1.94. The van der Waals surface area contributed by atoms with Crippen LogP contribution in [0.15, 0.2) is 48.5 Å². The van der Waals surface area contributed by atoms with Crippen LogP contribution in [0.3, 0.4) is 0 Å². The summed E-state index contributed by atoms with van der Waals surface area (Å²) in [6, 6.07) is 14.3. The minimum absolute atomic E-state index is 0.211. The molecule has 0 saturated carbocycles. The summed E-state index contributed by atoms with van der Waals surface area (Å²) in [5, 5.41) is 4.16. The predicted molar refractivity (Wildman–Crippen MR) is 80.6 cm³/mol. The summed E-state index contributed by atoms with van der Waals surface area (Å²) in [4.78, 5) is 4.50. The molecule has 0 radical (unpaired) electrons. The molecule has 3 nitrogen and oxygen atoms in total. The molecule has 0 aliphatic rings. The van der Waals surface area contributed by atoms with Gasteiger partial charge < -0.3 is 11.1 Å². The van der Waals surface area contributed by atoms with Crippen molar-refractivity contribution in [2.24, 2.45) is 0 Å². The SMILES string of the molecule is Cc1cc(Nc2ccc3cc(N)ccc3n2)ccc1F. The number of nitrogens with two attached hydrogens (primary N) is 1. The van der Waals surface area contributed by atoms with Crippen LogP contribution in [0.2, 0.25) is 0 Å². The first-order valence-electron chi connectivity index (χ1n) is 6.31. The Morgan fingerprint density at radius 3 is 2.70 bits per heavy atom. The van der Waals surface area contributed by atoms with Gasteiger partial charge in [-0.25, -0.2) is 9.37 Å². The molecule has 2 aromatic carbocycles. The van der Waals surface area contributed by atoms with Gasteiger partial charge in [-0.2, -0.15) is 0 Å². The highest BCUT2D eigenvalue weighted by Gasteiger charge is 2.02. The largest absolute Gasteiger partial charge is 0.399 e. The third kappa shape index (κ3) is 2.40. The van der Waals surface area contributed by atoms with Gasteiger partial charge in [-0.15, -0.1) is 0 Å². The number of nitrogens with one attached hydrogen (secondary N) is 1. The highest BCUT2D eigenvalue weighted by atomic mass is 19.1. The number of halogens is 1. The lowest BCUT2D eigenvalue weighted by Crippen LogP contribution is -1.95. The van der Waals surface area contributed by atoms with E-state index in [-0.39, 0.29) is 5.82 Å². The number of rotatable bonds is 2. The van der Waals surface area contributed by atoms with Gasteiger partial charge in [0, 0.05) is 16.8 Å². The van der Waals surface area contributed by atoms with Crippen LogP contribution in [0, 0.1) is 12.7 Å². The van der Waals surface area contributed by atoms with E-state index >= 15 is 0 Å². The van der Waals surface area contributed by atoms with Crippen LogP contribution < -0.4 is 11.1 Å². The van der Waals surface area contributed by atoms with Crippen LogP contribution in [-0.2, 0) is 0 Å². The van der Waals surface area contributed by atoms with E-state index in [9.17, 15) is 4.39 Å². The lowest BCUT2D eigenvalue weighted by Gasteiger charge is -2.08. The third-order valence-electron chi connectivity index (χ3n) is 3.14. The normalized spacial score (nSPS) is 10.7. The average Bonchev–Trinajstić information content (AvgIpc) is 2.43. The number of hydrogen-bond acceptors (Lipinski definition) is 3. The standard InChI is InChI=1S/C16H14FN3/c1-10-8-13(4-5-14(10)17)19-16-7-2-11-9-12(18)3-6-15(11)20-16/h2-9H,18H2,1H3,(H,19,20). The zero-order valence-electron chi connectivity index (χ0n) is 11.0. The van der Waals surface area contributed by atoms with Crippen molar-refractivity contribution < 1.29 is 4.39 Å². The van der Waals surface area contributed by atoms with Gasteiger partial charge in [0.1, 0.15) is 11.6 Å². The van der Waals surface area contributed by atoms with E-state index in [1.165, 1.54) is 6.07 Å². The summed E-state index contributed by atoms with van der Waals surface area (Å²) in [7, 11) is 0. The molecule has 0 bridgehead atoms. The molecule has 1 heterocycles. The molecule has 0 amide bonds. The molecule has 0 aliphatic carbocycles.